The molecule has 5 nitrogen and oxygen atoms in total. The fraction of sp³-hybridized carbons (Fsp3) is 0.480. The number of rotatable bonds is 6. The van der Waals surface area contributed by atoms with Crippen LogP contribution in [0.15, 0.2) is 30.3 Å². The fourth-order valence-electron chi connectivity index (χ4n) is 4.69. The fourth-order valence-corrected chi connectivity index (χ4v) is 4.69. The summed E-state index contributed by atoms with van der Waals surface area (Å²) in [7, 11) is 0. The Bertz CT molecular complexity index is 853. The molecule has 4 rings (SSSR count). The maximum Gasteiger partial charge on any atom is 0.255 e. The van der Waals surface area contributed by atoms with Gasteiger partial charge in [-0.05, 0) is 89.0 Å². The number of benzene rings is 2. The standard InChI is InChI=1S/C25H33N3O2/c1-18-8-7-9-19(2)23(18)26-25(30)20-14-21(16-27-10-3-4-11-27)24(29)22(15-20)17-28-12-5-6-13-28/h7-9,14-15,29H,3-6,10-13,16-17H2,1-2H3,(H,26,30). The Kier molecular flexibility index (Phi) is 6.40. The van der Waals surface area contributed by atoms with Crippen LogP contribution in [0.1, 0.15) is 58.3 Å². The minimum absolute atomic E-state index is 0.113. The van der Waals surface area contributed by atoms with E-state index in [4.69, 9.17) is 0 Å². The van der Waals surface area contributed by atoms with Crippen LogP contribution in [0.5, 0.6) is 5.75 Å². The first-order valence-electron chi connectivity index (χ1n) is 11.2. The molecular weight excluding hydrogens is 374 g/mol. The lowest BCUT2D eigenvalue weighted by Crippen LogP contribution is -2.22. The molecule has 1 amide bonds. The summed E-state index contributed by atoms with van der Waals surface area (Å²) in [6.45, 7) is 9.64. The van der Waals surface area contributed by atoms with Gasteiger partial charge in [-0.3, -0.25) is 14.6 Å². The zero-order valence-corrected chi connectivity index (χ0v) is 18.2. The molecule has 0 aromatic heterocycles. The second kappa shape index (κ2) is 9.19. The number of hydrogen-bond donors (Lipinski definition) is 2. The third-order valence-corrected chi connectivity index (χ3v) is 6.43. The SMILES string of the molecule is Cc1cccc(C)c1NC(=O)c1cc(CN2CCCC2)c(O)c(CN2CCCC2)c1. The van der Waals surface area contributed by atoms with Gasteiger partial charge in [0.25, 0.3) is 5.91 Å². The van der Waals surface area contributed by atoms with Gasteiger partial charge in [0.05, 0.1) is 0 Å². The molecule has 0 spiro atoms. The highest BCUT2D eigenvalue weighted by Gasteiger charge is 2.21. The highest BCUT2D eigenvalue weighted by molar-refractivity contribution is 6.05. The average Bonchev–Trinajstić information content (AvgIpc) is 3.42. The molecule has 0 saturated carbocycles. The number of nitrogens with zero attached hydrogens (tertiary/aromatic N) is 2. The number of aryl methyl sites for hydroxylation is 2. The summed E-state index contributed by atoms with van der Waals surface area (Å²) in [4.78, 5) is 17.9. The van der Waals surface area contributed by atoms with Crippen LogP contribution in [0.2, 0.25) is 0 Å². The molecular formula is C25H33N3O2. The van der Waals surface area contributed by atoms with Crippen molar-refractivity contribution in [1.29, 1.82) is 0 Å². The monoisotopic (exact) mass is 407 g/mol. The van der Waals surface area contributed by atoms with Gasteiger partial charge in [-0.15, -0.1) is 0 Å². The largest absolute Gasteiger partial charge is 0.507 e. The van der Waals surface area contributed by atoms with Crippen LogP contribution < -0.4 is 5.32 Å². The van der Waals surface area contributed by atoms with Crippen LogP contribution in [0, 0.1) is 13.8 Å². The third-order valence-electron chi connectivity index (χ3n) is 6.43. The predicted octanol–water partition coefficient (Wildman–Crippen LogP) is 4.45. The molecule has 30 heavy (non-hydrogen) atoms. The maximum atomic E-state index is 13.2. The molecule has 2 saturated heterocycles. The summed E-state index contributed by atoms with van der Waals surface area (Å²) in [6, 6.07) is 9.78. The second-order valence-corrected chi connectivity index (χ2v) is 8.83. The van der Waals surface area contributed by atoms with Gasteiger partial charge in [0, 0.05) is 35.5 Å². The van der Waals surface area contributed by atoms with Crippen molar-refractivity contribution in [2.45, 2.75) is 52.6 Å². The molecule has 0 bridgehead atoms. The number of carbonyl (C=O) groups is 1. The molecule has 160 valence electrons. The van der Waals surface area contributed by atoms with Crippen molar-refractivity contribution in [2.24, 2.45) is 0 Å². The van der Waals surface area contributed by atoms with Crippen molar-refractivity contribution in [3.8, 4) is 5.75 Å². The lowest BCUT2D eigenvalue weighted by Gasteiger charge is -2.21. The van der Waals surface area contributed by atoms with E-state index in [0.717, 1.165) is 54.1 Å². The number of carbonyl (C=O) groups excluding carboxylic acids is 1. The van der Waals surface area contributed by atoms with Crippen molar-refractivity contribution in [3.63, 3.8) is 0 Å². The molecule has 2 heterocycles. The van der Waals surface area contributed by atoms with Gasteiger partial charge in [0.2, 0.25) is 0 Å². The molecule has 0 unspecified atom stereocenters. The molecule has 2 aliphatic rings. The number of aromatic hydroxyl groups is 1. The van der Waals surface area contributed by atoms with Crippen LogP contribution >= 0.6 is 0 Å². The number of hydrogen-bond acceptors (Lipinski definition) is 4. The quantitative estimate of drug-likeness (QED) is 0.743. The van der Waals surface area contributed by atoms with E-state index in [0.29, 0.717) is 24.4 Å². The minimum Gasteiger partial charge on any atom is -0.507 e. The molecule has 2 fully saturated rings. The number of nitrogens with one attached hydrogen (secondary N) is 1. The number of amides is 1. The zero-order valence-electron chi connectivity index (χ0n) is 18.2. The Balaban J connectivity index is 1.63. The number of para-hydroxylation sites is 1. The van der Waals surface area contributed by atoms with Gasteiger partial charge in [0.15, 0.2) is 0 Å². The number of anilines is 1. The third kappa shape index (κ3) is 4.68. The van der Waals surface area contributed by atoms with E-state index in [1.807, 2.05) is 44.2 Å². The summed E-state index contributed by atoms with van der Waals surface area (Å²) >= 11 is 0. The maximum absolute atomic E-state index is 13.2. The first-order chi connectivity index (χ1) is 14.5. The molecule has 0 radical (unpaired) electrons. The molecule has 2 aliphatic heterocycles. The van der Waals surface area contributed by atoms with Crippen LogP contribution in [0.25, 0.3) is 0 Å². The average molecular weight is 408 g/mol. The van der Waals surface area contributed by atoms with E-state index < -0.39 is 0 Å². The van der Waals surface area contributed by atoms with E-state index in [1.54, 1.807) is 0 Å². The Hall–Kier alpha value is -2.37. The number of phenolic OH excluding ortho intramolecular Hbond substituents is 1. The summed E-state index contributed by atoms with van der Waals surface area (Å²) in [5, 5.41) is 14.1. The van der Waals surface area contributed by atoms with Crippen molar-refractivity contribution in [2.75, 3.05) is 31.5 Å². The summed E-state index contributed by atoms with van der Waals surface area (Å²) < 4.78 is 0. The topological polar surface area (TPSA) is 55.8 Å². The van der Waals surface area contributed by atoms with Gasteiger partial charge < -0.3 is 10.4 Å². The first-order valence-corrected chi connectivity index (χ1v) is 11.2. The lowest BCUT2D eigenvalue weighted by molar-refractivity contribution is 0.102. The van der Waals surface area contributed by atoms with Crippen molar-refractivity contribution < 1.29 is 9.90 Å². The van der Waals surface area contributed by atoms with Gasteiger partial charge in [-0.2, -0.15) is 0 Å². The first kappa shape index (κ1) is 20.9. The van der Waals surface area contributed by atoms with E-state index in [2.05, 4.69) is 15.1 Å². The predicted molar refractivity (Wildman–Crippen MR) is 121 cm³/mol. The summed E-state index contributed by atoms with van der Waals surface area (Å²) in [5.74, 6) is 0.246. The van der Waals surface area contributed by atoms with Gasteiger partial charge in [-0.1, -0.05) is 18.2 Å². The lowest BCUT2D eigenvalue weighted by atomic mass is 10.0. The second-order valence-electron chi connectivity index (χ2n) is 8.83. The minimum atomic E-state index is -0.113. The molecule has 2 aromatic rings. The summed E-state index contributed by atoms with van der Waals surface area (Å²) in [6.07, 6.45) is 4.81. The zero-order chi connectivity index (χ0) is 21.1. The molecule has 0 aliphatic carbocycles. The normalized spacial score (nSPS) is 17.5. The van der Waals surface area contributed by atoms with Crippen LogP contribution in [-0.4, -0.2) is 47.0 Å². The number of likely N-dealkylation sites (tertiary alicyclic amines) is 2. The smallest absolute Gasteiger partial charge is 0.255 e. The highest BCUT2D eigenvalue weighted by Crippen LogP contribution is 2.30. The van der Waals surface area contributed by atoms with Gasteiger partial charge in [0.1, 0.15) is 5.75 Å². The highest BCUT2D eigenvalue weighted by atomic mass is 16.3. The van der Waals surface area contributed by atoms with Crippen molar-refractivity contribution >= 4 is 11.6 Å². The van der Waals surface area contributed by atoms with E-state index in [-0.39, 0.29) is 5.91 Å². The van der Waals surface area contributed by atoms with Crippen LogP contribution in [0.4, 0.5) is 5.69 Å². The van der Waals surface area contributed by atoms with Crippen LogP contribution in [-0.2, 0) is 13.1 Å². The Morgan fingerprint density at radius 1 is 0.900 bits per heavy atom. The van der Waals surface area contributed by atoms with Gasteiger partial charge in [-0.25, -0.2) is 0 Å². The molecule has 2 N–H and O–H groups in total. The Morgan fingerprint density at radius 2 is 1.37 bits per heavy atom. The molecule has 0 atom stereocenters. The Morgan fingerprint density at radius 3 is 1.83 bits per heavy atom. The number of phenols is 1. The Labute approximate surface area is 179 Å². The van der Waals surface area contributed by atoms with Crippen LogP contribution in [0.3, 0.4) is 0 Å². The van der Waals surface area contributed by atoms with Crippen molar-refractivity contribution in [1.82, 2.24) is 9.80 Å². The molecule has 5 heteroatoms. The van der Waals surface area contributed by atoms with Gasteiger partial charge >= 0.3 is 0 Å². The van der Waals surface area contributed by atoms with E-state index >= 15 is 0 Å². The molecule has 2 aromatic carbocycles. The van der Waals surface area contributed by atoms with Crippen molar-refractivity contribution in [3.05, 3.63) is 58.1 Å². The van der Waals surface area contributed by atoms with E-state index in [9.17, 15) is 9.90 Å². The summed E-state index contributed by atoms with van der Waals surface area (Å²) in [5.41, 5.74) is 5.32. The van der Waals surface area contributed by atoms with E-state index in [1.165, 1.54) is 25.7 Å².